The Morgan fingerprint density at radius 1 is 0.900 bits per heavy atom. The highest BCUT2D eigenvalue weighted by atomic mass is 16.2. The minimum atomic E-state index is -0.351. The molecule has 6 heteroatoms. The van der Waals surface area contributed by atoms with Gasteiger partial charge in [-0.2, -0.15) is 0 Å². The van der Waals surface area contributed by atoms with Crippen LogP contribution in [0.4, 0.5) is 11.4 Å². The summed E-state index contributed by atoms with van der Waals surface area (Å²) >= 11 is 0. The standard InChI is InChI=1S/C24H23N5O/c1-17-9-13-21(14-10-17)29-23(18-7-5-4-6-8-18)26-22(27-29)24(30)25-19-11-15-20(16-12-19)28(2)3/h4-16H,1-3H3,(H,25,30). The molecule has 0 aliphatic heterocycles. The molecule has 1 N–H and O–H groups in total. The molecule has 0 atom stereocenters. The molecule has 30 heavy (non-hydrogen) atoms. The number of benzene rings is 3. The predicted molar refractivity (Wildman–Crippen MR) is 120 cm³/mol. The van der Waals surface area contributed by atoms with Gasteiger partial charge in [0.05, 0.1) is 5.69 Å². The van der Waals surface area contributed by atoms with Crippen molar-refractivity contribution in [3.8, 4) is 17.1 Å². The van der Waals surface area contributed by atoms with E-state index in [0.29, 0.717) is 11.5 Å². The van der Waals surface area contributed by atoms with Gasteiger partial charge in [-0.1, -0.05) is 48.0 Å². The van der Waals surface area contributed by atoms with Gasteiger partial charge in [0.25, 0.3) is 5.91 Å². The first-order valence-corrected chi connectivity index (χ1v) is 9.69. The van der Waals surface area contributed by atoms with Crippen LogP contribution in [0.3, 0.4) is 0 Å². The lowest BCUT2D eigenvalue weighted by Gasteiger charge is -2.12. The second-order valence-corrected chi connectivity index (χ2v) is 7.27. The van der Waals surface area contributed by atoms with Crippen molar-refractivity contribution >= 4 is 17.3 Å². The van der Waals surface area contributed by atoms with Crippen LogP contribution in [0, 0.1) is 6.92 Å². The summed E-state index contributed by atoms with van der Waals surface area (Å²) in [4.78, 5) is 19.4. The fraction of sp³-hybridized carbons (Fsp3) is 0.125. The van der Waals surface area contributed by atoms with Crippen LogP contribution >= 0.6 is 0 Å². The molecule has 0 bridgehead atoms. The van der Waals surface area contributed by atoms with Crippen molar-refractivity contribution in [2.45, 2.75) is 6.92 Å². The van der Waals surface area contributed by atoms with Gasteiger partial charge in [0.15, 0.2) is 5.82 Å². The van der Waals surface area contributed by atoms with E-state index in [1.165, 1.54) is 0 Å². The molecule has 150 valence electrons. The number of carbonyl (C=O) groups excluding carboxylic acids is 1. The van der Waals surface area contributed by atoms with Gasteiger partial charge in [-0.15, -0.1) is 5.10 Å². The van der Waals surface area contributed by atoms with Gasteiger partial charge >= 0.3 is 0 Å². The van der Waals surface area contributed by atoms with E-state index in [0.717, 1.165) is 22.5 Å². The van der Waals surface area contributed by atoms with E-state index in [9.17, 15) is 4.79 Å². The first-order valence-electron chi connectivity index (χ1n) is 9.69. The van der Waals surface area contributed by atoms with E-state index in [1.54, 1.807) is 4.68 Å². The van der Waals surface area contributed by atoms with E-state index in [2.05, 4.69) is 15.4 Å². The predicted octanol–water partition coefficient (Wildman–Crippen LogP) is 4.56. The Kier molecular flexibility index (Phi) is 5.30. The van der Waals surface area contributed by atoms with Crippen LogP contribution in [0.2, 0.25) is 0 Å². The van der Waals surface area contributed by atoms with E-state index < -0.39 is 0 Å². The number of hydrogen-bond acceptors (Lipinski definition) is 4. The number of hydrogen-bond donors (Lipinski definition) is 1. The molecule has 3 aromatic carbocycles. The lowest BCUT2D eigenvalue weighted by molar-refractivity contribution is 0.101. The van der Waals surface area contributed by atoms with Crippen molar-refractivity contribution in [1.29, 1.82) is 0 Å². The normalized spacial score (nSPS) is 10.6. The second-order valence-electron chi connectivity index (χ2n) is 7.27. The fourth-order valence-electron chi connectivity index (χ4n) is 3.08. The monoisotopic (exact) mass is 397 g/mol. The molecular formula is C24H23N5O. The number of aryl methyl sites for hydroxylation is 1. The number of rotatable bonds is 5. The molecule has 6 nitrogen and oxygen atoms in total. The van der Waals surface area contributed by atoms with Gasteiger partial charge in [0.1, 0.15) is 0 Å². The molecule has 1 amide bonds. The largest absolute Gasteiger partial charge is 0.378 e. The van der Waals surface area contributed by atoms with Crippen LogP contribution in [0.5, 0.6) is 0 Å². The van der Waals surface area contributed by atoms with Gasteiger partial charge in [0, 0.05) is 31.0 Å². The van der Waals surface area contributed by atoms with Gasteiger partial charge in [-0.05, 0) is 43.3 Å². The Morgan fingerprint density at radius 2 is 1.57 bits per heavy atom. The molecule has 0 unspecified atom stereocenters. The summed E-state index contributed by atoms with van der Waals surface area (Å²) < 4.78 is 1.71. The summed E-state index contributed by atoms with van der Waals surface area (Å²) in [5.41, 5.74) is 4.64. The molecule has 0 saturated carbocycles. The summed E-state index contributed by atoms with van der Waals surface area (Å²) in [7, 11) is 3.95. The maximum Gasteiger partial charge on any atom is 0.295 e. The fourth-order valence-corrected chi connectivity index (χ4v) is 3.08. The zero-order valence-electron chi connectivity index (χ0n) is 17.2. The number of anilines is 2. The number of nitrogens with one attached hydrogen (secondary N) is 1. The van der Waals surface area contributed by atoms with Crippen molar-refractivity contribution in [2.24, 2.45) is 0 Å². The molecule has 0 radical (unpaired) electrons. The first-order chi connectivity index (χ1) is 14.5. The smallest absolute Gasteiger partial charge is 0.295 e. The SMILES string of the molecule is Cc1ccc(-n2nc(C(=O)Nc3ccc(N(C)C)cc3)nc2-c2ccccc2)cc1. The van der Waals surface area contributed by atoms with E-state index in [1.807, 2.05) is 105 Å². The molecule has 0 saturated heterocycles. The van der Waals surface area contributed by atoms with Crippen molar-refractivity contribution in [1.82, 2.24) is 14.8 Å². The lowest BCUT2D eigenvalue weighted by atomic mass is 10.2. The van der Waals surface area contributed by atoms with Crippen molar-refractivity contribution in [3.05, 3.63) is 90.3 Å². The van der Waals surface area contributed by atoms with Crippen molar-refractivity contribution in [3.63, 3.8) is 0 Å². The van der Waals surface area contributed by atoms with Crippen LogP contribution in [0.25, 0.3) is 17.1 Å². The zero-order chi connectivity index (χ0) is 21.1. The van der Waals surface area contributed by atoms with Gasteiger partial charge in [-0.25, -0.2) is 9.67 Å². The van der Waals surface area contributed by atoms with Crippen LogP contribution < -0.4 is 10.2 Å². The highest BCUT2D eigenvalue weighted by molar-refractivity contribution is 6.01. The molecule has 4 aromatic rings. The molecule has 0 fully saturated rings. The quantitative estimate of drug-likeness (QED) is 0.536. The minimum absolute atomic E-state index is 0.117. The van der Waals surface area contributed by atoms with Crippen LogP contribution in [-0.2, 0) is 0 Å². The first kappa shape index (κ1) is 19.4. The van der Waals surface area contributed by atoms with E-state index in [4.69, 9.17) is 0 Å². The molecule has 1 aromatic heterocycles. The minimum Gasteiger partial charge on any atom is -0.378 e. The summed E-state index contributed by atoms with van der Waals surface area (Å²) in [6.45, 7) is 2.03. The Bertz CT molecular complexity index is 1150. The third kappa shape index (κ3) is 4.07. The summed E-state index contributed by atoms with van der Waals surface area (Å²) in [6.07, 6.45) is 0. The number of amides is 1. The number of aromatic nitrogens is 3. The Hall–Kier alpha value is -3.93. The van der Waals surface area contributed by atoms with Gasteiger partial charge < -0.3 is 10.2 Å². The van der Waals surface area contributed by atoms with Crippen molar-refractivity contribution < 1.29 is 4.79 Å². The molecule has 0 aliphatic rings. The summed E-state index contributed by atoms with van der Waals surface area (Å²) in [5, 5.41) is 7.39. The van der Waals surface area contributed by atoms with Crippen LogP contribution in [0.1, 0.15) is 16.2 Å². The average molecular weight is 397 g/mol. The third-order valence-corrected chi connectivity index (χ3v) is 4.76. The average Bonchev–Trinajstić information content (AvgIpc) is 3.21. The Labute approximate surface area is 175 Å². The highest BCUT2D eigenvalue weighted by Gasteiger charge is 2.19. The van der Waals surface area contributed by atoms with E-state index >= 15 is 0 Å². The molecule has 4 rings (SSSR count). The van der Waals surface area contributed by atoms with E-state index in [-0.39, 0.29) is 11.7 Å². The third-order valence-electron chi connectivity index (χ3n) is 4.76. The lowest BCUT2D eigenvalue weighted by Crippen LogP contribution is -2.14. The molecule has 0 spiro atoms. The van der Waals surface area contributed by atoms with Gasteiger partial charge in [0.2, 0.25) is 5.82 Å². The van der Waals surface area contributed by atoms with Crippen molar-refractivity contribution in [2.75, 3.05) is 24.3 Å². The second kappa shape index (κ2) is 8.21. The number of nitrogens with zero attached hydrogens (tertiary/aromatic N) is 4. The topological polar surface area (TPSA) is 63.1 Å². The Morgan fingerprint density at radius 3 is 2.20 bits per heavy atom. The maximum absolute atomic E-state index is 12.9. The highest BCUT2D eigenvalue weighted by Crippen LogP contribution is 2.22. The summed E-state index contributed by atoms with van der Waals surface area (Å²) in [6, 6.07) is 25.3. The zero-order valence-corrected chi connectivity index (χ0v) is 17.2. The Balaban J connectivity index is 1.68. The van der Waals surface area contributed by atoms with Crippen LogP contribution in [0.15, 0.2) is 78.9 Å². The van der Waals surface area contributed by atoms with Gasteiger partial charge in [-0.3, -0.25) is 4.79 Å². The maximum atomic E-state index is 12.9. The molecule has 0 aliphatic carbocycles. The summed E-state index contributed by atoms with van der Waals surface area (Å²) in [5.74, 6) is 0.384. The number of carbonyl (C=O) groups is 1. The molecular weight excluding hydrogens is 374 g/mol. The van der Waals surface area contributed by atoms with Crippen LogP contribution in [-0.4, -0.2) is 34.8 Å². The molecule has 1 heterocycles.